The highest BCUT2D eigenvalue weighted by Crippen LogP contribution is 2.20. The van der Waals surface area contributed by atoms with Gasteiger partial charge in [0.15, 0.2) is 0 Å². The minimum Gasteiger partial charge on any atom is -0.343 e. The van der Waals surface area contributed by atoms with Gasteiger partial charge in [-0.2, -0.15) is 0 Å². The average molecular weight is 457 g/mol. The van der Waals surface area contributed by atoms with Gasteiger partial charge >= 0.3 is 0 Å². The summed E-state index contributed by atoms with van der Waals surface area (Å²) in [6, 6.07) is 14.4. The maximum Gasteiger partial charge on any atom is 0.255 e. The molecule has 8 heteroatoms. The van der Waals surface area contributed by atoms with Crippen LogP contribution in [0.4, 0.5) is 21.6 Å². The fourth-order valence-corrected chi connectivity index (χ4v) is 2.82. The Morgan fingerprint density at radius 3 is 2.66 bits per heavy atom. The van der Waals surface area contributed by atoms with Gasteiger partial charge in [-0.3, -0.25) is 9.59 Å². The number of nitrogens with zero attached hydrogens (tertiary/aromatic N) is 1. The first kappa shape index (κ1) is 20.5. The van der Waals surface area contributed by atoms with Crippen LogP contribution < -0.4 is 16.0 Å². The normalized spacial score (nSPS) is 10.3. The molecule has 3 N–H and O–H groups in total. The summed E-state index contributed by atoms with van der Waals surface area (Å²) in [4.78, 5) is 28.8. The highest BCUT2D eigenvalue weighted by molar-refractivity contribution is 9.10. The maximum atomic E-state index is 13.4. The zero-order valence-electron chi connectivity index (χ0n) is 15.5. The minimum absolute atomic E-state index is 0.206. The molecule has 29 heavy (non-hydrogen) atoms. The fourth-order valence-electron chi connectivity index (χ4n) is 2.57. The Bertz CT molecular complexity index is 1060. The zero-order chi connectivity index (χ0) is 20.8. The van der Waals surface area contributed by atoms with Crippen molar-refractivity contribution in [3.05, 3.63) is 82.2 Å². The van der Waals surface area contributed by atoms with Crippen molar-refractivity contribution in [2.45, 2.75) is 6.92 Å². The lowest BCUT2D eigenvalue weighted by atomic mass is 10.2. The van der Waals surface area contributed by atoms with E-state index >= 15 is 0 Å². The molecule has 2 amide bonds. The van der Waals surface area contributed by atoms with Crippen LogP contribution in [0, 0.1) is 12.7 Å². The molecule has 1 aromatic heterocycles. The predicted molar refractivity (Wildman–Crippen MR) is 114 cm³/mol. The molecule has 0 saturated carbocycles. The van der Waals surface area contributed by atoms with Crippen LogP contribution in [0.1, 0.15) is 15.9 Å². The number of hydrogen-bond donors (Lipinski definition) is 3. The van der Waals surface area contributed by atoms with Crippen molar-refractivity contribution in [2.24, 2.45) is 0 Å². The molecule has 0 aliphatic rings. The lowest BCUT2D eigenvalue weighted by Gasteiger charge is -2.12. The standard InChI is InChI=1S/C21H18BrFN4O2/c1-13-10-16(7-8-18(13)22)26-19(28)12-25-21(29)17-6-3-9-24-20(17)27-15-5-2-4-14(23)11-15/h2-11H,12H2,1H3,(H,24,27)(H,25,29)(H,26,28). The third kappa shape index (κ3) is 5.61. The Labute approximate surface area is 175 Å². The molecule has 0 atom stereocenters. The monoisotopic (exact) mass is 456 g/mol. The van der Waals surface area contributed by atoms with Crippen molar-refractivity contribution in [3.63, 3.8) is 0 Å². The second-order valence-electron chi connectivity index (χ2n) is 6.23. The molecular weight excluding hydrogens is 439 g/mol. The summed E-state index contributed by atoms with van der Waals surface area (Å²) >= 11 is 3.40. The molecule has 148 valence electrons. The minimum atomic E-state index is -0.473. The van der Waals surface area contributed by atoms with E-state index in [1.807, 2.05) is 19.1 Å². The third-order valence-electron chi connectivity index (χ3n) is 3.99. The zero-order valence-corrected chi connectivity index (χ0v) is 17.1. The Morgan fingerprint density at radius 1 is 1.07 bits per heavy atom. The van der Waals surface area contributed by atoms with Gasteiger partial charge in [-0.25, -0.2) is 9.37 Å². The van der Waals surface area contributed by atoms with E-state index < -0.39 is 11.7 Å². The van der Waals surface area contributed by atoms with E-state index in [0.717, 1.165) is 10.0 Å². The number of rotatable bonds is 6. The first-order valence-electron chi connectivity index (χ1n) is 8.74. The number of benzene rings is 2. The largest absolute Gasteiger partial charge is 0.343 e. The summed E-state index contributed by atoms with van der Waals surface area (Å²) in [7, 11) is 0. The van der Waals surface area contributed by atoms with Crippen molar-refractivity contribution in [3.8, 4) is 0 Å². The smallest absolute Gasteiger partial charge is 0.255 e. The Hall–Kier alpha value is -3.26. The van der Waals surface area contributed by atoms with E-state index in [1.165, 1.54) is 18.3 Å². The topological polar surface area (TPSA) is 83.1 Å². The van der Waals surface area contributed by atoms with E-state index in [2.05, 4.69) is 36.9 Å². The number of carbonyl (C=O) groups excluding carboxylic acids is 2. The molecule has 0 aliphatic carbocycles. The van der Waals surface area contributed by atoms with Crippen LogP contribution in [0.3, 0.4) is 0 Å². The number of nitrogens with one attached hydrogen (secondary N) is 3. The van der Waals surface area contributed by atoms with Crippen molar-refractivity contribution < 1.29 is 14.0 Å². The third-order valence-corrected chi connectivity index (χ3v) is 4.88. The van der Waals surface area contributed by atoms with E-state index in [4.69, 9.17) is 0 Å². The molecule has 1 heterocycles. The molecule has 0 fully saturated rings. The average Bonchev–Trinajstić information content (AvgIpc) is 2.69. The molecule has 3 rings (SSSR count). The first-order valence-corrected chi connectivity index (χ1v) is 9.53. The summed E-state index contributed by atoms with van der Waals surface area (Å²) in [5, 5.41) is 8.21. The summed E-state index contributed by atoms with van der Waals surface area (Å²) in [6.07, 6.45) is 1.51. The Morgan fingerprint density at radius 2 is 1.90 bits per heavy atom. The highest BCUT2D eigenvalue weighted by Gasteiger charge is 2.14. The fraction of sp³-hybridized carbons (Fsp3) is 0.0952. The summed E-state index contributed by atoms with van der Waals surface area (Å²) in [5.41, 5.74) is 2.32. The number of pyridine rings is 1. The highest BCUT2D eigenvalue weighted by atomic mass is 79.9. The Balaban J connectivity index is 1.63. The number of amides is 2. The molecule has 0 unspecified atom stereocenters. The Kier molecular flexibility index (Phi) is 6.56. The number of aryl methyl sites for hydroxylation is 1. The SMILES string of the molecule is Cc1cc(NC(=O)CNC(=O)c2cccnc2Nc2cccc(F)c2)ccc1Br. The molecule has 0 aliphatic heterocycles. The lowest BCUT2D eigenvalue weighted by Crippen LogP contribution is -2.33. The van der Waals surface area contributed by atoms with Crippen LogP contribution in [-0.2, 0) is 4.79 Å². The lowest BCUT2D eigenvalue weighted by molar-refractivity contribution is -0.115. The van der Waals surface area contributed by atoms with Gasteiger partial charge in [0, 0.05) is 22.0 Å². The summed E-state index contributed by atoms with van der Waals surface area (Å²) < 4.78 is 14.3. The van der Waals surface area contributed by atoms with Gasteiger partial charge in [-0.05, 0) is 61.0 Å². The van der Waals surface area contributed by atoms with Crippen LogP contribution in [0.5, 0.6) is 0 Å². The molecule has 0 spiro atoms. The van der Waals surface area contributed by atoms with E-state index in [1.54, 1.807) is 30.3 Å². The van der Waals surface area contributed by atoms with Gasteiger partial charge in [0.05, 0.1) is 12.1 Å². The molecule has 0 bridgehead atoms. The van der Waals surface area contributed by atoms with Crippen LogP contribution in [0.25, 0.3) is 0 Å². The van der Waals surface area contributed by atoms with E-state index in [9.17, 15) is 14.0 Å². The second-order valence-corrected chi connectivity index (χ2v) is 7.08. The van der Waals surface area contributed by atoms with Crippen LogP contribution in [-0.4, -0.2) is 23.3 Å². The van der Waals surface area contributed by atoms with Gasteiger partial charge in [0.1, 0.15) is 11.6 Å². The number of halogens is 2. The van der Waals surface area contributed by atoms with Crippen molar-refractivity contribution >= 4 is 44.9 Å². The van der Waals surface area contributed by atoms with Crippen molar-refractivity contribution in [2.75, 3.05) is 17.2 Å². The van der Waals surface area contributed by atoms with Gasteiger partial charge in [-0.1, -0.05) is 22.0 Å². The van der Waals surface area contributed by atoms with E-state index in [0.29, 0.717) is 11.4 Å². The molecule has 0 saturated heterocycles. The van der Waals surface area contributed by atoms with Crippen molar-refractivity contribution in [1.82, 2.24) is 10.3 Å². The summed E-state index contributed by atoms with van der Waals surface area (Å²) in [5.74, 6) is -0.973. The first-order chi connectivity index (χ1) is 13.9. The predicted octanol–water partition coefficient (Wildman–Crippen LogP) is 4.40. The van der Waals surface area contributed by atoms with Crippen LogP contribution in [0.15, 0.2) is 65.3 Å². The molecule has 6 nitrogen and oxygen atoms in total. The van der Waals surface area contributed by atoms with Crippen LogP contribution in [0.2, 0.25) is 0 Å². The molecular formula is C21H18BrFN4O2. The number of aromatic nitrogens is 1. The second kappa shape index (κ2) is 9.29. The number of anilines is 3. The molecule has 3 aromatic rings. The number of hydrogen-bond acceptors (Lipinski definition) is 4. The quantitative estimate of drug-likeness (QED) is 0.513. The van der Waals surface area contributed by atoms with Crippen molar-refractivity contribution in [1.29, 1.82) is 0 Å². The number of carbonyl (C=O) groups is 2. The summed E-state index contributed by atoms with van der Waals surface area (Å²) in [6.45, 7) is 1.71. The van der Waals surface area contributed by atoms with Crippen LogP contribution >= 0.6 is 15.9 Å². The van der Waals surface area contributed by atoms with E-state index in [-0.39, 0.29) is 23.8 Å². The molecule has 2 aromatic carbocycles. The van der Waals surface area contributed by atoms with Gasteiger partial charge in [-0.15, -0.1) is 0 Å². The van der Waals surface area contributed by atoms with Gasteiger partial charge in [0.2, 0.25) is 5.91 Å². The molecule has 0 radical (unpaired) electrons. The maximum absolute atomic E-state index is 13.4. The van der Waals surface area contributed by atoms with Gasteiger partial charge in [0.25, 0.3) is 5.91 Å². The van der Waals surface area contributed by atoms with Gasteiger partial charge < -0.3 is 16.0 Å².